The topological polar surface area (TPSA) is 38.0 Å². The maximum absolute atomic E-state index is 9.83. The highest BCUT2D eigenvalue weighted by atomic mass is 32.1. The minimum atomic E-state index is 0.332. The summed E-state index contributed by atoms with van der Waals surface area (Å²) in [5.41, 5.74) is 0.910. The second-order valence-corrected chi connectivity index (χ2v) is 5.39. The molecular weight excluding hydrogens is 256 g/mol. The van der Waals surface area contributed by atoms with Crippen molar-refractivity contribution in [1.82, 2.24) is 9.55 Å². The molecule has 0 aliphatic carbocycles. The molecule has 19 heavy (non-hydrogen) atoms. The van der Waals surface area contributed by atoms with Crippen LogP contribution in [0.25, 0.3) is 0 Å². The van der Waals surface area contributed by atoms with Gasteiger partial charge in [0.25, 0.3) is 0 Å². The predicted octanol–water partition coefficient (Wildman–Crippen LogP) is 3.29. The highest BCUT2D eigenvalue weighted by Gasteiger charge is 2.07. The zero-order chi connectivity index (χ0) is 13.1. The van der Waals surface area contributed by atoms with Crippen molar-refractivity contribution in [3.05, 3.63) is 70.4 Å². The summed E-state index contributed by atoms with van der Waals surface area (Å²) in [6.07, 6.45) is 4.59. The summed E-state index contributed by atoms with van der Waals surface area (Å²) >= 11 is 1.74. The van der Waals surface area contributed by atoms with Gasteiger partial charge in [-0.3, -0.25) is 0 Å². The number of hydrogen-bond acceptors (Lipinski definition) is 3. The molecule has 2 aromatic heterocycles. The highest BCUT2D eigenvalue weighted by Crippen LogP contribution is 2.19. The lowest BCUT2D eigenvalue weighted by molar-refractivity contribution is 0.465. The van der Waals surface area contributed by atoms with E-state index in [1.54, 1.807) is 17.4 Å². The number of aromatic nitrogens is 2. The molecule has 3 nitrogen and oxygen atoms in total. The lowest BCUT2D eigenvalue weighted by atomic mass is 10.2. The van der Waals surface area contributed by atoms with E-state index in [1.165, 1.54) is 4.88 Å². The van der Waals surface area contributed by atoms with Crippen molar-refractivity contribution in [2.45, 2.75) is 13.0 Å². The Labute approximate surface area is 115 Å². The van der Waals surface area contributed by atoms with Crippen LogP contribution in [-0.2, 0) is 13.0 Å². The highest BCUT2D eigenvalue weighted by molar-refractivity contribution is 7.09. The Balaban J connectivity index is 1.83. The minimum absolute atomic E-state index is 0.332. The van der Waals surface area contributed by atoms with Crippen LogP contribution in [0.1, 0.15) is 16.3 Å². The van der Waals surface area contributed by atoms with Crippen molar-refractivity contribution in [2.75, 3.05) is 0 Å². The second kappa shape index (κ2) is 5.28. The number of hydrogen-bond donors (Lipinski definition) is 1. The van der Waals surface area contributed by atoms with E-state index >= 15 is 0 Å². The third-order valence-electron chi connectivity index (χ3n) is 3.05. The van der Waals surface area contributed by atoms with Gasteiger partial charge in [0, 0.05) is 29.3 Å². The lowest BCUT2D eigenvalue weighted by Gasteiger charge is -2.08. The average Bonchev–Trinajstić information content (AvgIpc) is 3.06. The van der Waals surface area contributed by atoms with Crippen LogP contribution >= 0.6 is 11.3 Å². The molecule has 4 heteroatoms. The Morgan fingerprint density at radius 2 is 2.05 bits per heavy atom. The van der Waals surface area contributed by atoms with Crippen LogP contribution in [0.15, 0.2) is 54.2 Å². The van der Waals surface area contributed by atoms with E-state index in [-0.39, 0.29) is 0 Å². The molecule has 0 aliphatic rings. The first-order valence-electron chi connectivity index (χ1n) is 6.12. The fourth-order valence-electron chi connectivity index (χ4n) is 2.05. The van der Waals surface area contributed by atoms with Gasteiger partial charge >= 0.3 is 0 Å². The van der Waals surface area contributed by atoms with Crippen LogP contribution in [0.5, 0.6) is 5.75 Å². The number of phenolic OH excluding ortho intramolecular Hbond substituents is 1. The van der Waals surface area contributed by atoms with Gasteiger partial charge < -0.3 is 9.67 Å². The molecule has 0 bridgehead atoms. The van der Waals surface area contributed by atoms with E-state index in [1.807, 2.05) is 30.6 Å². The van der Waals surface area contributed by atoms with E-state index in [0.29, 0.717) is 12.3 Å². The molecule has 3 aromatic rings. The zero-order valence-electron chi connectivity index (χ0n) is 10.4. The normalized spacial score (nSPS) is 10.7. The monoisotopic (exact) mass is 270 g/mol. The van der Waals surface area contributed by atoms with Crippen LogP contribution in [0, 0.1) is 0 Å². The van der Waals surface area contributed by atoms with E-state index < -0.39 is 0 Å². The molecule has 3 rings (SSSR count). The Hall–Kier alpha value is -2.07. The third-order valence-corrected chi connectivity index (χ3v) is 3.92. The summed E-state index contributed by atoms with van der Waals surface area (Å²) in [4.78, 5) is 5.70. The Morgan fingerprint density at radius 1 is 1.16 bits per heavy atom. The minimum Gasteiger partial charge on any atom is -0.508 e. The fraction of sp³-hybridized carbons (Fsp3) is 0.133. The van der Waals surface area contributed by atoms with Crippen LogP contribution < -0.4 is 0 Å². The number of thiophene rings is 1. The molecular formula is C15H14N2OS. The average molecular weight is 270 g/mol. The molecule has 0 aliphatic heterocycles. The van der Waals surface area contributed by atoms with Gasteiger partial charge in [0.1, 0.15) is 11.6 Å². The van der Waals surface area contributed by atoms with Crippen molar-refractivity contribution in [2.24, 2.45) is 0 Å². The number of imidazole rings is 1. The van der Waals surface area contributed by atoms with Crippen LogP contribution in [0.4, 0.5) is 0 Å². The maximum atomic E-state index is 9.83. The van der Waals surface area contributed by atoms with Crippen molar-refractivity contribution in [3.8, 4) is 5.75 Å². The number of phenols is 1. The first-order valence-corrected chi connectivity index (χ1v) is 7.00. The SMILES string of the molecule is Oc1ccccc1Cn1ccnc1Cc1cccs1. The van der Waals surface area contributed by atoms with Gasteiger partial charge in [-0.1, -0.05) is 24.3 Å². The first kappa shape index (κ1) is 12.0. The summed E-state index contributed by atoms with van der Waals surface area (Å²) in [6.45, 7) is 0.646. The van der Waals surface area contributed by atoms with E-state index in [2.05, 4.69) is 27.1 Å². The molecule has 0 unspecified atom stereocenters. The molecule has 0 spiro atoms. The third kappa shape index (κ3) is 2.69. The molecule has 0 radical (unpaired) electrons. The standard InChI is InChI=1S/C15H14N2OS/c18-14-6-2-1-4-12(14)11-17-8-7-16-15(17)10-13-5-3-9-19-13/h1-9,18H,10-11H2. The number of rotatable bonds is 4. The predicted molar refractivity (Wildman–Crippen MR) is 76.6 cm³/mol. The summed E-state index contributed by atoms with van der Waals surface area (Å²) in [5.74, 6) is 1.35. The van der Waals surface area contributed by atoms with Gasteiger partial charge in [0.15, 0.2) is 0 Å². The zero-order valence-corrected chi connectivity index (χ0v) is 11.2. The molecule has 0 fully saturated rings. The van der Waals surface area contributed by atoms with Crippen molar-refractivity contribution >= 4 is 11.3 Å². The maximum Gasteiger partial charge on any atom is 0.120 e. The molecule has 2 heterocycles. The molecule has 0 atom stereocenters. The number of para-hydroxylation sites is 1. The molecule has 1 N–H and O–H groups in total. The molecule has 1 aromatic carbocycles. The van der Waals surface area contributed by atoms with E-state index in [9.17, 15) is 5.11 Å². The summed E-state index contributed by atoms with van der Waals surface area (Å²) in [5, 5.41) is 11.9. The van der Waals surface area contributed by atoms with Crippen LogP contribution in [0.2, 0.25) is 0 Å². The quantitative estimate of drug-likeness (QED) is 0.790. The molecule has 0 amide bonds. The molecule has 0 saturated heterocycles. The van der Waals surface area contributed by atoms with Crippen LogP contribution in [0.3, 0.4) is 0 Å². The molecule has 96 valence electrons. The van der Waals surface area contributed by atoms with Gasteiger partial charge in [0.2, 0.25) is 0 Å². The van der Waals surface area contributed by atoms with Gasteiger partial charge in [0.05, 0.1) is 6.54 Å². The van der Waals surface area contributed by atoms with Crippen LogP contribution in [-0.4, -0.2) is 14.7 Å². The molecule has 0 saturated carbocycles. The summed E-state index contributed by atoms with van der Waals surface area (Å²) < 4.78 is 2.08. The summed E-state index contributed by atoms with van der Waals surface area (Å²) in [7, 11) is 0. The van der Waals surface area contributed by atoms with E-state index in [4.69, 9.17) is 0 Å². The number of aromatic hydroxyl groups is 1. The summed E-state index contributed by atoms with van der Waals surface area (Å²) in [6, 6.07) is 11.6. The largest absolute Gasteiger partial charge is 0.508 e. The van der Waals surface area contributed by atoms with E-state index in [0.717, 1.165) is 17.8 Å². The smallest absolute Gasteiger partial charge is 0.120 e. The van der Waals surface area contributed by atoms with Crippen molar-refractivity contribution in [1.29, 1.82) is 0 Å². The second-order valence-electron chi connectivity index (χ2n) is 4.36. The lowest BCUT2D eigenvalue weighted by Crippen LogP contribution is -2.04. The van der Waals surface area contributed by atoms with Gasteiger partial charge in [-0.25, -0.2) is 4.98 Å². The Bertz CT molecular complexity index is 658. The van der Waals surface area contributed by atoms with Gasteiger partial charge in [-0.2, -0.15) is 0 Å². The number of nitrogens with zero attached hydrogens (tertiary/aromatic N) is 2. The van der Waals surface area contributed by atoms with Gasteiger partial charge in [-0.15, -0.1) is 11.3 Å². The van der Waals surface area contributed by atoms with Gasteiger partial charge in [-0.05, 0) is 17.5 Å². The van der Waals surface area contributed by atoms with Crippen molar-refractivity contribution < 1.29 is 5.11 Å². The Kier molecular flexibility index (Phi) is 3.33. The first-order chi connectivity index (χ1) is 9.33. The Morgan fingerprint density at radius 3 is 2.84 bits per heavy atom. The number of benzene rings is 1. The van der Waals surface area contributed by atoms with Crippen molar-refractivity contribution in [3.63, 3.8) is 0 Å². The fourth-order valence-corrected chi connectivity index (χ4v) is 2.75.